The van der Waals surface area contributed by atoms with E-state index in [2.05, 4.69) is 16.5 Å². The van der Waals surface area contributed by atoms with Crippen LogP contribution in [-0.2, 0) is 4.79 Å². The number of carbonyl (C=O) groups excluding carboxylic acids is 2. The molecule has 178 valence electrons. The minimum absolute atomic E-state index is 0.0111. The topological polar surface area (TPSA) is 80.4 Å². The molecule has 7 nitrogen and oxygen atoms in total. The van der Waals surface area contributed by atoms with Gasteiger partial charge in [-0.1, -0.05) is 24.2 Å². The number of aromatic nitrogens is 2. The van der Waals surface area contributed by atoms with Crippen molar-refractivity contribution in [1.82, 2.24) is 14.5 Å². The van der Waals surface area contributed by atoms with Crippen LogP contribution in [0.2, 0.25) is 5.02 Å². The first-order chi connectivity index (χ1) is 17.0. The lowest BCUT2D eigenvalue weighted by Gasteiger charge is -2.46. The fraction of sp³-hybridized carbons (Fsp3) is 0.269. The third-order valence-electron chi connectivity index (χ3n) is 7.12. The first-order valence-electron chi connectivity index (χ1n) is 11.5. The number of para-hydroxylation sites is 1. The Morgan fingerprint density at radius 3 is 2.86 bits per heavy atom. The van der Waals surface area contributed by atoms with Gasteiger partial charge in [-0.05, 0) is 67.2 Å². The van der Waals surface area contributed by atoms with E-state index in [4.69, 9.17) is 21.0 Å². The molecule has 3 aromatic heterocycles. The van der Waals surface area contributed by atoms with Crippen molar-refractivity contribution in [1.29, 1.82) is 0 Å². The number of likely N-dealkylation sites (tertiary alicyclic amines) is 1. The maximum Gasteiger partial charge on any atom is 0.268 e. The highest BCUT2D eigenvalue weighted by molar-refractivity contribution is 7.17. The number of imidazole rings is 1. The molecule has 1 aliphatic carbocycles. The number of nitrogens with zero attached hydrogens (tertiary/aromatic N) is 3. The Labute approximate surface area is 211 Å². The Morgan fingerprint density at radius 2 is 2.09 bits per heavy atom. The maximum absolute atomic E-state index is 13.2. The lowest BCUT2D eigenvalue weighted by Crippen LogP contribution is -2.42. The largest absolute Gasteiger partial charge is 0.464 e. The summed E-state index contributed by atoms with van der Waals surface area (Å²) < 4.78 is 7.55. The fourth-order valence-corrected chi connectivity index (χ4v) is 6.50. The van der Waals surface area contributed by atoms with Crippen LogP contribution < -0.4 is 5.32 Å². The van der Waals surface area contributed by atoms with E-state index in [0.717, 1.165) is 48.5 Å². The zero-order chi connectivity index (χ0) is 24.2. The van der Waals surface area contributed by atoms with E-state index in [0.29, 0.717) is 21.4 Å². The van der Waals surface area contributed by atoms with Gasteiger partial charge in [0.2, 0.25) is 11.9 Å². The number of fused-ring (bicyclic) bond motifs is 1. The Bertz CT molecular complexity index is 1450. The Hall–Kier alpha value is -3.36. The van der Waals surface area contributed by atoms with E-state index >= 15 is 0 Å². The molecule has 4 aromatic rings. The number of benzene rings is 1. The Morgan fingerprint density at radius 1 is 1.23 bits per heavy atom. The number of halogens is 1. The first kappa shape index (κ1) is 22.1. The van der Waals surface area contributed by atoms with Crippen molar-refractivity contribution in [2.24, 2.45) is 5.41 Å². The van der Waals surface area contributed by atoms with Gasteiger partial charge in [0.05, 0.1) is 26.6 Å². The van der Waals surface area contributed by atoms with Crippen LogP contribution in [0.1, 0.15) is 35.0 Å². The smallest absolute Gasteiger partial charge is 0.268 e. The predicted octanol–water partition coefficient (Wildman–Crippen LogP) is 6.00. The summed E-state index contributed by atoms with van der Waals surface area (Å²) in [6, 6.07) is 13.2. The van der Waals surface area contributed by atoms with Gasteiger partial charge < -0.3 is 13.9 Å². The number of hydrogen-bond donors (Lipinski definition) is 1. The van der Waals surface area contributed by atoms with Crippen molar-refractivity contribution >= 4 is 51.7 Å². The standard InChI is InChI=1S/C26H23ClN4O3S/c1-2-22(32)30-11-10-26(15-30)13-16(14-26)31-18-6-3-5-17(27)23(18)28-25(31)29-24(33)21-9-8-20(35-21)19-7-4-12-34-19/h2-9,12,16H,1,10-11,13-15H2,(H,28,29,33). The molecule has 1 aliphatic heterocycles. The van der Waals surface area contributed by atoms with E-state index in [9.17, 15) is 9.59 Å². The van der Waals surface area contributed by atoms with E-state index in [1.807, 2.05) is 35.2 Å². The highest BCUT2D eigenvalue weighted by Gasteiger charge is 2.50. The zero-order valence-corrected chi connectivity index (χ0v) is 20.4. The second-order valence-electron chi connectivity index (χ2n) is 9.28. The SMILES string of the molecule is C=CC(=O)N1CCC2(CC(n3c(NC(=O)c4ccc(-c5ccco5)s4)nc4c(Cl)cccc43)C2)C1. The lowest BCUT2D eigenvalue weighted by molar-refractivity contribution is -0.125. The average molecular weight is 507 g/mol. The molecule has 4 heterocycles. The second-order valence-corrected chi connectivity index (χ2v) is 10.8. The molecule has 0 radical (unpaired) electrons. The third-order valence-corrected chi connectivity index (χ3v) is 8.52. The van der Waals surface area contributed by atoms with Gasteiger partial charge in [0.25, 0.3) is 5.91 Å². The van der Waals surface area contributed by atoms with Crippen LogP contribution in [0, 0.1) is 5.41 Å². The zero-order valence-electron chi connectivity index (χ0n) is 18.9. The van der Waals surface area contributed by atoms with Gasteiger partial charge in [-0.3, -0.25) is 14.9 Å². The molecular weight excluding hydrogens is 484 g/mol. The fourth-order valence-electron chi connectivity index (χ4n) is 5.42. The molecular formula is C26H23ClN4O3S. The third kappa shape index (κ3) is 3.77. The summed E-state index contributed by atoms with van der Waals surface area (Å²) in [4.78, 5) is 33.3. The summed E-state index contributed by atoms with van der Waals surface area (Å²) >= 11 is 7.83. The molecule has 1 aromatic carbocycles. The molecule has 6 rings (SSSR count). The van der Waals surface area contributed by atoms with Gasteiger partial charge in [0.1, 0.15) is 11.3 Å². The maximum atomic E-state index is 13.2. The molecule has 2 amide bonds. The van der Waals surface area contributed by atoms with Crippen molar-refractivity contribution in [2.45, 2.75) is 25.3 Å². The number of nitrogens with one attached hydrogen (secondary N) is 1. The van der Waals surface area contributed by atoms with Crippen LogP contribution in [0.4, 0.5) is 5.95 Å². The van der Waals surface area contributed by atoms with Gasteiger partial charge in [0.15, 0.2) is 0 Å². The number of rotatable bonds is 5. The van der Waals surface area contributed by atoms with E-state index in [-0.39, 0.29) is 23.3 Å². The van der Waals surface area contributed by atoms with Crippen molar-refractivity contribution in [3.05, 3.63) is 71.3 Å². The molecule has 9 heteroatoms. The molecule has 1 spiro atoms. The van der Waals surface area contributed by atoms with Crippen molar-refractivity contribution < 1.29 is 14.0 Å². The van der Waals surface area contributed by atoms with Crippen LogP contribution in [0.5, 0.6) is 0 Å². The van der Waals surface area contributed by atoms with Crippen LogP contribution in [0.3, 0.4) is 0 Å². The van der Waals surface area contributed by atoms with Crippen molar-refractivity contribution in [3.63, 3.8) is 0 Å². The van der Waals surface area contributed by atoms with E-state index in [1.54, 1.807) is 18.4 Å². The van der Waals surface area contributed by atoms with Gasteiger partial charge in [0, 0.05) is 19.1 Å². The number of carbonyl (C=O) groups is 2. The average Bonchev–Trinajstić information content (AvgIpc) is 3.62. The van der Waals surface area contributed by atoms with Gasteiger partial charge in [-0.25, -0.2) is 4.98 Å². The predicted molar refractivity (Wildman–Crippen MR) is 137 cm³/mol. The molecule has 0 atom stereocenters. The molecule has 1 N–H and O–H groups in total. The van der Waals surface area contributed by atoms with Crippen LogP contribution in [0.25, 0.3) is 21.7 Å². The summed E-state index contributed by atoms with van der Waals surface area (Å²) in [5.74, 6) is 0.984. The van der Waals surface area contributed by atoms with Crippen LogP contribution in [0.15, 0.2) is 65.8 Å². The second kappa shape index (κ2) is 8.39. The van der Waals surface area contributed by atoms with Crippen molar-refractivity contribution in [3.8, 4) is 10.6 Å². The molecule has 2 aliphatic rings. The summed E-state index contributed by atoms with van der Waals surface area (Å²) in [5.41, 5.74) is 1.67. The summed E-state index contributed by atoms with van der Waals surface area (Å²) in [6.07, 6.45) is 5.80. The minimum Gasteiger partial charge on any atom is -0.464 e. The highest BCUT2D eigenvalue weighted by atomic mass is 35.5. The van der Waals surface area contributed by atoms with Gasteiger partial charge in [-0.15, -0.1) is 11.3 Å². The van der Waals surface area contributed by atoms with E-state index < -0.39 is 0 Å². The number of amides is 2. The molecule has 2 fully saturated rings. The quantitative estimate of drug-likeness (QED) is 0.336. The van der Waals surface area contributed by atoms with Gasteiger partial charge in [-0.2, -0.15) is 0 Å². The van der Waals surface area contributed by atoms with E-state index in [1.165, 1.54) is 17.4 Å². The van der Waals surface area contributed by atoms with Crippen LogP contribution >= 0.6 is 22.9 Å². The Balaban J connectivity index is 1.27. The minimum atomic E-state index is -0.224. The number of thiophene rings is 1. The first-order valence-corrected chi connectivity index (χ1v) is 12.7. The number of hydrogen-bond acceptors (Lipinski definition) is 5. The summed E-state index contributed by atoms with van der Waals surface area (Å²) in [7, 11) is 0. The molecule has 1 saturated heterocycles. The molecule has 0 unspecified atom stereocenters. The summed E-state index contributed by atoms with van der Waals surface area (Å²) in [5, 5.41) is 3.57. The number of furan rings is 1. The lowest BCUT2D eigenvalue weighted by atomic mass is 9.65. The highest BCUT2D eigenvalue weighted by Crippen LogP contribution is 2.55. The van der Waals surface area contributed by atoms with Crippen LogP contribution in [-0.4, -0.2) is 39.4 Å². The Kier molecular flexibility index (Phi) is 5.30. The number of anilines is 1. The molecule has 1 saturated carbocycles. The molecule has 0 bridgehead atoms. The van der Waals surface area contributed by atoms with Crippen molar-refractivity contribution in [2.75, 3.05) is 18.4 Å². The summed E-state index contributed by atoms with van der Waals surface area (Å²) in [6.45, 7) is 5.12. The normalized spacial score (nSPS) is 21.4. The van der Waals surface area contributed by atoms with Gasteiger partial charge >= 0.3 is 0 Å². The monoisotopic (exact) mass is 506 g/mol. The molecule has 35 heavy (non-hydrogen) atoms.